The first-order valence-electron chi connectivity index (χ1n) is 7.04. The van der Waals surface area contributed by atoms with Crippen LogP contribution in [-0.4, -0.2) is 35.6 Å². The number of benzene rings is 1. The van der Waals surface area contributed by atoms with E-state index in [1.165, 1.54) is 42.6 Å². The highest BCUT2D eigenvalue weighted by Gasteiger charge is 2.13. The Balaban J connectivity index is 1.92. The molecule has 1 aromatic heterocycles. The molecule has 0 spiro atoms. The Labute approximate surface area is 136 Å². The maximum atomic E-state index is 12.8. The van der Waals surface area contributed by atoms with Crippen LogP contribution < -0.4 is 10.1 Å². The molecule has 128 valence electrons. The number of carbonyl (C=O) groups is 1. The van der Waals surface area contributed by atoms with Gasteiger partial charge in [-0.2, -0.15) is 0 Å². The van der Waals surface area contributed by atoms with Gasteiger partial charge in [0.25, 0.3) is 12.3 Å². The average Bonchev–Trinajstić information content (AvgIpc) is 2.58. The third kappa shape index (κ3) is 5.24. The lowest BCUT2D eigenvalue weighted by Crippen LogP contribution is -2.29. The fourth-order valence-corrected chi connectivity index (χ4v) is 1.87. The highest BCUT2D eigenvalue weighted by Crippen LogP contribution is 2.14. The van der Waals surface area contributed by atoms with E-state index < -0.39 is 30.9 Å². The number of aliphatic hydroxyl groups excluding tert-OH is 1. The van der Waals surface area contributed by atoms with Gasteiger partial charge in [0.2, 0.25) is 0 Å². The highest BCUT2D eigenvalue weighted by atomic mass is 19.3. The molecule has 0 saturated carbocycles. The van der Waals surface area contributed by atoms with Crippen molar-refractivity contribution < 1.29 is 27.8 Å². The molecule has 24 heavy (non-hydrogen) atoms. The molecule has 2 rings (SSSR count). The van der Waals surface area contributed by atoms with Gasteiger partial charge in [-0.1, -0.05) is 12.1 Å². The second kappa shape index (κ2) is 8.30. The summed E-state index contributed by atoms with van der Waals surface area (Å²) in [5, 5.41) is 12.4. The van der Waals surface area contributed by atoms with Gasteiger partial charge in [0.15, 0.2) is 0 Å². The number of hydrogen-bond acceptors (Lipinski definition) is 4. The SMILES string of the molecule is O=C(NCC(O)c1ccc(F)cc1)c1cc(OCC(F)F)ccn1. The largest absolute Gasteiger partial charge is 0.488 e. The van der Waals surface area contributed by atoms with Gasteiger partial charge in [-0.05, 0) is 23.8 Å². The van der Waals surface area contributed by atoms with Gasteiger partial charge in [0.1, 0.15) is 23.9 Å². The minimum absolute atomic E-state index is 0.0342. The second-order valence-electron chi connectivity index (χ2n) is 4.86. The first kappa shape index (κ1) is 17.7. The molecular formula is C16H15F3N2O3. The minimum Gasteiger partial charge on any atom is -0.488 e. The third-order valence-corrected chi connectivity index (χ3v) is 3.05. The summed E-state index contributed by atoms with van der Waals surface area (Å²) in [6, 6.07) is 7.79. The number of ether oxygens (including phenoxy) is 1. The smallest absolute Gasteiger partial charge is 0.272 e. The molecule has 0 radical (unpaired) electrons. The molecule has 0 bridgehead atoms. The highest BCUT2D eigenvalue weighted by molar-refractivity contribution is 5.92. The van der Waals surface area contributed by atoms with Gasteiger partial charge in [0, 0.05) is 18.8 Å². The Hall–Kier alpha value is -2.61. The van der Waals surface area contributed by atoms with Crippen molar-refractivity contribution in [3.8, 4) is 5.75 Å². The number of nitrogens with zero attached hydrogens (tertiary/aromatic N) is 1. The van der Waals surface area contributed by atoms with Crippen LogP contribution >= 0.6 is 0 Å². The van der Waals surface area contributed by atoms with E-state index in [0.29, 0.717) is 5.56 Å². The monoisotopic (exact) mass is 340 g/mol. The van der Waals surface area contributed by atoms with Crippen molar-refractivity contribution in [2.24, 2.45) is 0 Å². The number of amides is 1. The van der Waals surface area contributed by atoms with E-state index in [-0.39, 0.29) is 18.0 Å². The maximum Gasteiger partial charge on any atom is 0.272 e. The Kier molecular flexibility index (Phi) is 6.14. The maximum absolute atomic E-state index is 12.8. The van der Waals surface area contributed by atoms with Crippen LogP contribution in [0.15, 0.2) is 42.6 Å². The lowest BCUT2D eigenvalue weighted by molar-refractivity contribution is 0.0816. The molecule has 0 aliphatic carbocycles. The number of aliphatic hydroxyl groups is 1. The van der Waals surface area contributed by atoms with Crippen molar-refractivity contribution in [2.75, 3.05) is 13.2 Å². The lowest BCUT2D eigenvalue weighted by atomic mass is 10.1. The van der Waals surface area contributed by atoms with Crippen LogP contribution in [0.2, 0.25) is 0 Å². The van der Waals surface area contributed by atoms with E-state index in [4.69, 9.17) is 4.74 Å². The predicted molar refractivity (Wildman–Crippen MR) is 79.4 cm³/mol. The molecule has 1 heterocycles. The van der Waals surface area contributed by atoms with Crippen LogP contribution in [0.3, 0.4) is 0 Å². The molecule has 0 fully saturated rings. The van der Waals surface area contributed by atoms with E-state index in [1.54, 1.807) is 0 Å². The molecule has 5 nitrogen and oxygen atoms in total. The van der Waals surface area contributed by atoms with E-state index in [0.717, 1.165) is 0 Å². The lowest BCUT2D eigenvalue weighted by Gasteiger charge is -2.12. The zero-order chi connectivity index (χ0) is 17.5. The zero-order valence-corrected chi connectivity index (χ0v) is 12.5. The van der Waals surface area contributed by atoms with Gasteiger partial charge in [-0.25, -0.2) is 13.2 Å². The third-order valence-electron chi connectivity index (χ3n) is 3.05. The molecule has 0 saturated heterocycles. The summed E-state index contributed by atoms with van der Waals surface area (Å²) in [7, 11) is 0. The van der Waals surface area contributed by atoms with E-state index >= 15 is 0 Å². The number of aromatic nitrogens is 1. The van der Waals surface area contributed by atoms with E-state index in [1.807, 2.05) is 0 Å². The fourth-order valence-electron chi connectivity index (χ4n) is 1.87. The Morgan fingerprint density at radius 3 is 2.62 bits per heavy atom. The van der Waals surface area contributed by atoms with E-state index in [9.17, 15) is 23.1 Å². The van der Waals surface area contributed by atoms with Crippen molar-refractivity contribution in [1.29, 1.82) is 0 Å². The Bertz CT molecular complexity index is 681. The zero-order valence-electron chi connectivity index (χ0n) is 12.5. The first-order valence-corrected chi connectivity index (χ1v) is 7.04. The average molecular weight is 340 g/mol. The normalized spacial score (nSPS) is 12.0. The van der Waals surface area contributed by atoms with Crippen LogP contribution in [-0.2, 0) is 0 Å². The van der Waals surface area contributed by atoms with Gasteiger partial charge < -0.3 is 15.2 Å². The Morgan fingerprint density at radius 2 is 1.96 bits per heavy atom. The number of hydrogen-bond donors (Lipinski definition) is 2. The number of rotatable bonds is 7. The van der Waals surface area contributed by atoms with Crippen molar-refractivity contribution >= 4 is 5.91 Å². The fraction of sp³-hybridized carbons (Fsp3) is 0.250. The van der Waals surface area contributed by atoms with Crippen molar-refractivity contribution in [3.63, 3.8) is 0 Å². The van der Waals surface area contributed by atoms with Gasteiger partial charge in [-0.15, -0.1) is 0 Å². The summed E-state index contributed by atoms with van der Waals surface area (Å²) in [5.74, 6) is -0.937. The second-order valence-corrected chi connectivity index (χ2v) is 4.86. The Morgan fingerprint density at radius 1 is 1.25 bits per heavy atom. The summed E-state index contributed by atoms with van der Waals surface area (Å²) < 4.78 is 41.8. The molecule has 8 heteroatoms. The quantitative estimate of drug-likeness (QED) is 0.811. The first-order chi connectivity index (χ1) is 11.5. The number of nitrogens with one attached hydrogen (secondary N) is 1. The van der Waals surface area contributed by atoms with Crippen LogP contribution in [0.4, 0.5) is 13.2 Å². The standard InChI is InChI=1S/C16H15F3N2O3/c17-11-3-1-10(2-4-11)14(22)8-21-16(23)13-7-12(5-6-20-13)24-9-15(18)19/h1-7,14-15,22H,8-9H2,(H,21,23). The summed E-state index contributed by atoms with van der Waals surface area (Å²) in [6.45, 7) is -0.900. The predicted octanol–water partition coefficient (Wildman–Crippen LogP) is 2.33. The van der Waals surface area contributed by atoms with Gasteiger partial charge in [-0.3, -0.25) is 9.78 Å². The number of alkyl halides is 2. The van der Waals surface area contributed by atoms with Gasteiger partial charge in [0.05, 0.1) is 6.10 Å². The number of pyridine rings is 1. The number of halogens is 3. The van der Waals surface area contributed by atoms with Crippen molar-refractivity contribution in [1.82, 2.24) is 10.3 Å². The molecule has 2 aromatic rings. The number of carbonyl (C=O) groups excluding carboxylic acids is 1. The minimum atomic E-state index is -2.62. The summed E-state index contributed by atoms with van der Waals surface area (Å²) in [4.78, 5) is 15.8. The summed E-state index contributed by atoms with van der Waals surface area (Å²) in [5.41, 5.74) is 0.409. The topological polar surface area (TPSA) is 71.5 Å². The molecule has 1 unspecified atom stereocenters. The van der Waals surface area contributed by atoms with Crippen LogP contribution in [0.1, 0.15) is 22.2 Å². The van der Waals surface area contributed by atoms with Crippen LogP contribution in [0.5, 0.6) is 5.75 Å². The van der Waals surface area contributed by atoms with E-state index in [2.05, 4.69) is 10.3 Å². The van der Waals surface area contributed by atoms with Crippen LogP contribution in [0, 0.1) is 5.82 Å². The van der Waals surface area contributed by atoms with Crippen LogP contribution in [0.25, 0.3) is 0 Å². The van der Waals surface area contributed by atoms with Gasteiger partial charge >= 0.3 is 0 Å². The van der Waals surface area contributed by atoms with Crippen molar-refractivity contribution in [2.45, 2.75) is 12.5 Å². The molecule has 1 amide bonds. The molecule has 0 aliphatic heterocycles. The summed E-state index contributed by atoms with van der Waals surface area (Å²) in [6.07, 6.45) is -2.39. The molecule has 1 atom stereocenters. The summed E-state index contributed by atoms with van der Waals surface area (Å²) >= 11 is 0. The molecule has 2 N–H and O–H groups in total. The molecule has 1 aromatic carbocycles. The van der Waals surface area contributed by atoms with Crippen molar-refractivity contribution in [3.05, 3.63) is 59.7 Å². The molecule has 0 aliphatic rings. The molecular weight excluding hydrogens is 325 g/mol.